The summed E-state index contributed by atoms with van der Waals surface area (Å²) < 4.78 is 5.40. The predicted molar refractivity (Wildman–Crippen MR) is 81.0 cm³/mol. The van der Waals surface area contributed by atoms with Crippen LogP contribution >= 0.6 is 0 Å². The van der Waals surface area contributed by atoms with Gasteiger partial charge in [0.2, 0.25) is 0 Å². The third kappa shape index (κ3) is 2.78. The van der Waals surface area contributed by atoms with Crippen LogP contribution in [0.2, 0.25) is 0 Å². The highest BCUT2D eigenvalue weighted by molar-refractivity contribution is 6.04. The molecule has 2 aromatic carbocycles. The number of hydrogen-bond acceptors (Lipinski definition) is 4. The van der Waals surface area contributed by atoms with Crippen LogP contribution in [0, 0.1) is 6.92 Å². The van der Waals surface area contributed by atoms with Crippen molar-refractivity contribution in [1.82, 2.24) is 4.98 Å². The lowest BCUT2D eigenvalue weighted by atomic mass is 10.1. The maximum atomic E-state index is 12.2. The Bertz CT molecular complexity index is 791. The van der Waals surface area contributed by atoms with Crippen LogP contribution in [0.4, 0.5) is 5.69 Å². The SMILES string of the molecule is Cc1nc2cc(NC(=O)c3ccc(CN)cc3)ccc2o1. The molecule has 21 heavy (non-hydrogen) atoms. The van der Waals surface area contributed by atoms with Crippen molar-refractivity contribution >= 4 is 22.7 Å². The van der Waals surface area contributed by atoms with Gasteiger partial charge in [-0.15, -0.1) is 0 Å². The molecule has 0 aliphatic carbocycles. The number of aryl methyl sites for hydroxylation is 1. The van der Waals surface area contributed by atoms with E-state index >= 15 is 0 Å². The first-order valence-electron chi connectivity index (χ1n) is 6.63. The molecule has 0 unspecified atom stereocenters. The maximum Gasteiger partial charge on any atom is 0.255 e. The second-order valence-electron chi connectivity index (χ2n) is 4.77. The van der Waals surface area contributed by atoms with E-state index in [9.17, 15) is 4.79 Å². The number of anilines is 1. The molecule has 0 saturated heterocycles. The van der Waals surface area contributed by atoms with Crippen LogP contribution < -0.4 is 11.1 Å². The Labute approximate surface area is 121 Å². The average molecular weight is 281 g/mol. The lowest BCUT2D eigenvalue weighted by molar-refractivity contribution is 0.102. The van der Waals surface area contributed by atoms with E-state index in [4.69, 9.17) is 10.2 Å². The van der Waals surface area contributed by atoms with Gasteiger partial charge in [0.25, 0.3) is 5.91 Å². The quantitative estimate of drug-likeness (QED) is 0.773. The lowest BCUT2D eigenvalue weighted by Crippen LogP contribution is -2.12. The first kappa shape index (κ1) is 13.3. The molecule has 1 amide bonds. The van der Waals surface area contributed by atoms with Gasteiger partial charge in [-0.1, -0.05) is 12.1 Å². The second kappa shape index (κ2) is 5.38. The number of nitrogens with one attached hydrogen (secondary N) is 1. The summed E-state index contributed by atoms with van der Waals surface area (Å²) >= 11 is 0. The molecule has 0 aliphatic rings. The minimum Gasteiger partial charge on any atom is -0.441 e. The highest BCUT2D eigenvalue weighted by atomic mass is 16.3. The molecule has 3 aromatic rings. The Morgan fingerprint density at radius 2 is 2.00 bits per heavy atom. The molecule has 0 atom stereocenters. The Balaban J connectivity index is 1.81. The van der Waals surface area contributed by atoms with E-state index in [1.54, 1.807) is 37.3 Å². The second-order valence-corrected chi connectivity index (χ2v) is 4.77. The number of carbonyl (C=O) groups excluding carboxylic acids is 1. The summed E-state index contributed by atoms with van der Waals surface area (Å²) in [5, 5.41) is 2.85. The number of benzene rings is 2. The molecule has 1 heterocycles. The summed E-state index contributed by atoms with van der Waals surface area (Å²) in [6.45, 7) is 2.25. The van der Waals surface area contributed by atoms with Crippen molar-refractivity contribution in [3.63, 3.8) is 0 Å². The fourth-order valence-electron chi connectivity index (χ4n) is 2.12. The third-order valence-electron chi connectivity index (χ3n) is 3.20. The van der Waals surface area contributed by atoms with Crippen LogP contribution in [0.25, 0.3) is 11.1 Å². The Kier molecular flexibility index (Phi) is 3.41. The number of rotatable bonds is 3. The lowest BCUT2D eigenvalue weighted by Gasteiger charge is -2.05. The van der Waals surface area contributed by atoms with E-state index in [0.717, 1.165) is 11.1 Å². The molecule has 0 aliphatic heterocycles. The Morgan fingerprint density at radius 3 is 2.71 bits per heavy atom. The van der Waals surface area contributed by atoms with Crippen molar-refractivity contribution < 1.29 is 9.21 Å². The third-order valence-corrected chi connectivity index (χ3v) is 3.20. The zero-order valence-electron chi connectivity index (χ0n) is 11.6. The predicted octanol–water partition coefficient (Wildman–Crippen LogP) is 2.85. The van der Waals surface area contributed by atoms with E-state index < -0.39 is 0 Å². The zero-order valence-corrected chi connectivity index (χ0v) is 11.6. The number of hydrogen-bond donors (Lipinski definition) is 2. The maximum absolute atomic E-state index is 12.2. The monoisotopic (exact) mass is 281 g/mol. The van der Waals surface area contributed by atoms with E-state index in [1.165, 1.54) is 0 Å². The van der Waals surface area contributed by atoms with Crippen molar-refractivity contribution in [3.8, 4) is 0 Å². The van der Waals surface area contributed by atoms with Gasteiger partial charge in [0, 0.05) is 24.7 Å². The van der Waals surface area contributed by atoms with Gasteiger partial charge in [0.1, 0.15) is 5.52 Å². The molecule has 0 spiro atoms. The van der Waals surface area contributed by atoms with Crippen molar-refractivity contribution in [3.05, 3.63) is 59.5 Å². The summed E-state index contributed by atoms with van der Waals surface area (Å²) in [5.74, 6) is 0.434. The van der Waals surface area contributed by atoms with Gasteiger partial charge in [0.05, 0.1) is 0 Å². The van der Waals surface area contributed by atoms with E-state index in [2.05, 4.69) is 10.3 Å². The molecular formula is C16H15N3O2. The van der Waals surface area contributed by atoms with Crippen LogP contribution in [-0.2, 0) is 6.54 Å². The summed E-state index contributed by atoms with van der Waals surface area (Å²) in [7, 11) is 0. The number of oxazole rings is 1. The van der Waals surface area contributed by atoms with Crippen LogP contribution in [0.1, 0.15) is 21.8 Å². The smallest absolute Gasteiger partial charge is 0.255 e. The number of amides is 1. The van der Waals surface area contributed by atoms with E-state index in [1.807, 2.05) is 12.1 Å². The minimum atomic E-state index is -0.168. The number of aromatic nitrogens is 1. The molecular weight excluding hydrogens is 266 g/mol. The molecule has 3 rings (SSSR count). The topological polar surface area (TPSA) is 81.2 Å². The number of fused-ring (bicyclic) bond motifs is 1. The molecule has 5 heteroatoms. The highest BCUT2D eigenvalue weighted by Gasteiger charge is 2.08. The molecule has 0 bridgehead atoms. The van der Waals surface area contributed by atoms with Gasteiger partial charge in [-0.05, 0) is 35.9 Å². The summed E-state index contributed by atoms with van der Waals surface area (Å²) in [6.07, 6.45) is 0. The summed E-state index contributed by atoms with van der Waals surface area (Å²) in [5.41, 5.74) is 9.23. The normalized spacial score (nSPS) is 10.8. The standard InChI is InChI=1S/C16H15N3O2/c1-10-18-14-8-13(6-7-15(14)21-10)19-16(20)12-4-2-11(9-17)3-5-12/h2-8H,9,17H2,1H3,(H,19,20). The van der Waals surface area contributed by atoms with Crippen LogP contribution in [0.5, 0.6) is 0 Å². The van der Waals surface area contributed by atoms with Gasteiger partial charge in [-0.25, -0.2) is 4.98 Å². The summed E-state index contributed by atoms with van der Waals surface area (Å²) in [4.78, 5) is 16.4. The van der Waals surface area contributed by atoms with Gasteiger partial charge in [-0.2, -0.15) is 0 Å². The van der Waals surface area contributed by atoms with Gasteiger partial charge < -0.3 is 15.5 Å². The first-order chi connectivity index (χ1) is 10.2. The first-order valence-corrected chi connectivity index (χ1v) is 6.63. The fourth-order valence-corrected chi connectivity index (χ4v) is 2.12. The molecule has 0 fully saturated rings. The van der Waals surface area contributed by atoms with Crippen LogP contribution in [-0.4, -0.2) is 10.9 Å². The average Bonchev–Trinajstić information content (AvgIpc) is 2.86. The number of nitrogens with two attached hydrogens (primary N) is 1. The van der Waals surface area contributed by atoms with E-state index in [-0.39, 0.29) is 5.91 Å². The largest absolute Gasteiger partial charge is 0.441 e. The van der Waals surface area contributed by atoms with Crippen molar-refractivity contribution in [1.29, 1.82) is 0 Å². The van der Waals surface area contributed by atoms with Gasteiger partial charge in [-0.3, -0.25) is 4.79 Å². The van der Waals surface area contributed by atoms with Crippen molar-refractivity contribution in [2.45, 2.75) is 13.5 Å². The van der Waals surface area contributed by atoms with Gasteiger partial charge in [0.15, 0.2) is 11.5 Å². The molecule has 1 aromatic heterocycles. The fraction of sp³-hybridized carbons (Fsp3) is 0.125. The minimum absolute atomic E-state index is 0.168. The van der Waals surface area contributed by atoms with E-state index in [0.29, 0.717) is 29.3 Å². The Hall–Kier alpha value is -2.66. The molecule has 0 saturated carbocycles. The molecule has 5 nitrogen and oxygen atoms in total. The van der Waals surface area contributed by atoms with Gasteiger partial charge >= 0.3 is 0 Å². The molecule has 106 valence electrons. The highest BCUT2D eigenvalue weighted by Crippen LogP contribution is 2.20. The van der Waals surface area contributed by atoms with Crippen molar-refractivity contribution in [2.75, 3.05) is 5.32 Å². The van der Waals surface area contributed by atoms with Crippen LogP contribution in [0.15, 0.2) is 46.9 Å². The zero-order chi connectivity index (χ0) is 14.8. The molecule has 3 N–H and O–H groups in total. The molecule has 0 radical (unpaired) electrons. The Morgan fingerprint density at radius 1 is 1.24 bits per heavy atom. The van der Waals surface area contributed by atoms with Crippen LogP contribution in [0.3, 0.4) is 0 Å². The summed E-state index contributed by atoms with van der Waals surface area (Å²) in [6, 6.07) is 12.6. The van der Waals surface area contributed by atoms with Crippen molar-refractivity contribution in [2.24, 2.45) is 5.73 Å². The number of nitrogens with zero attached hydrogens (tertiary/aromatic N) is 1. The number of carbonyl (C=O) groups is 1.